The molecule has 0 aliphatic heterocycles. The topological polar surface area (TPSA) is 61.2 Å². The highest BCUT2D eigenvalue weighted by molar-refractivity contribution is 6.34. The largest absolute Gasteiger partial charge is 0.478 e. The fourth-order valence-corrected chi connectivity index (χ4v) is 1.62. The molecular weight excluding hydrogens is 226 g/mol. The number of halogens is 1. The number of aromatic carboxylic acids is 1. The summed E-state index contributed by atoms with van der Waals surface area (Å²) in [5, 5.41) is 17.0. The third-order valence-electron chi connectivity index (χ3n) is 2.61. The lowest BCUT2D eigenvalue weighted by Gasteiger charge is -2.12. The van der Waals surface area contributed by atoms with Crippen LogP contribution in [0.25, 0.3) is 0 Å². The van der Waals surface area contributed by atoms with Gasteiger partial charge in [0.1, 0.15) is 0 Å². The summed E-state index contributed by atoms with van der Waals surface area (Å²) in [4.78, 5) is 10.7. The first-order chi connectivity index (χ1) is 7.47. The molecule has 3 nitrogen and oxygen atoms in total. The highest BCUT2D eigenvalue weighted by atomic mass is 35.5. The third-order valence-corrected chi connectivity index (χ3v) is 2.92. The number of carboxylic acids is 1. The maximum absolute atomic E-state index is 10.7. The molecule has 1 aromatic carbocycles. The molecule has 1 aromatic rings. The van der Waals surface area contributed by atoms with Crippen LogP contribution in [0.1, 0.15) is 36.2 Å². The second-order valence-electron chi connectivity index (χ2n) is 3.72. The van der Waals surface area contributed by atoms with Crippen LogP contribution in [0.3, 0.4) is 0 Å². The molecule has 0 fully saturated rings. The molecule has 4 heteroatoms. The minimum Gasteiger partial charge on any atom is -0.478 e. The van der Waals surface area contributed by atoms with E-state index in [0.717, 1.165) is 6.42 Å². The van der Waals surface area contributed by atoms with Crippen molar-refractivity contribution < 1.29 is 9.90 Å². The van der Waals surface area contributed by atoms with Crippen molar-refractivity contribution in [3.63, 3.8) is 0 Å². The molecule has 0 saturated carbocycles. The molecule has 86 valence electrons. The van der Waals surface area contributed by atoms with E-state index in [2.05, 4.69) is 0 Å². The van der Waals surface area contributed by atoms with E-state index in [1.54, 1.807) is 6.07 Å². The average Bonchev–Trinajstić information content (AvgIpc) is 2.26. The highest BCUT2D eigenvalue weighted by Crippen LogP contribution is 2.22. The quantitative estimate of drug-likeness (QED) is 0.791. The monoisotopic (exact) mass is 239 g/mol. The molecule has 0 spiro atoms. The van der Waals surface area contributed by atoms with Gasteiger partial charge < -0.3 is 10.5 Å². The van der Waals surface area contributed by atoms with E-state index in [1.165, 1.54) is 12.1 Å². The van der Waals surface area contributed by atoms with Crippen LogP contribution in [-0.2, 0) is 0 Å². The predicted octanol–water partition coefficient (Wildman–Crippen LogP) is 3.45. The van der Waals surface area contributed by atoms with Crippen molar-refractivity contribution >= 4 is 23.3 Å². The second-order valence-corrected chi connectivity index (χ2v) is 4.13. The fraction of sp³-hybridized carbons (Fsp3) is 0.333. The van der Waals surface area contributed by atoms with Crippen LogP contribution < -0.4 is 0 Å². The molecule has 0 saturated heterocycles. The first-order valence-electron chi connectivity index (χ1n) is 5.09. The van der Waals surface area contributed by atoms with E-state index in [4.69, 9.17) is 22.1 Å². The lowest BCUT2D eigenvalue weighted by Crippen LogP contribution is -2.11. The van der Waals surface area contributed by atoms with Crippen molar-refractivity contribution in [2.45, 2.75) is 20.3 Å². The lowest BCUT2D eigenvalue weighted by atomic mass is 9.95. The molecule has 1 unspecified atom stereocenters. The SMILES string of the molecule is CCC(C)C(=N)c1ccc(C(=O)O)cc1Cl. The van der Waals surface area contributed by atoms with Crippen LogP contribution in [0.4, 0.5) is 0 Å². The van der Waals surface area contributed by atoms with Gasteiger partial charge in [0.05, 0.1) is 10.6 Å². The van der Waals surface area contributed by atoms with E-state index >= 15 is 0 Å². The molecule has 0 amide bonds. The number of nitrogens with one attached hydrogen (secondary N) is 1. The Morgan fingerprint density at radius 3 is 2.62 bits per heavy atom. The standard InChI is InChI=1S/C12H14ClNO2/c1-3-7(2)11(14)9-5-4-8(12(15)16)6-10(9)13/h4-7,14H,3H2,1-2H3,(H,15,16). The van der Waals surface area contributed by atoms with Crippen LogP contribution in [0.2, 0.25) is 5.02 Å². The molecule has 0 aliphatic rings. The van der Waals surface area contributed by atoms with Gasteiger partial charge in [-0.2, -0.15) is 0 Å². The lowest BCUT2D eigenvalue weighted by molar-refractivity contribution is 0.0697. The number of hydrogen-bond acceptors (Lipinski definition) is 2. The van der Waals surface area contributed by atoms with Crippen LogP contribution in [0.15, 0.2) is 18.2 Å². The van der Waals surface area contributed by atoms with Gasteiger partial charge in [-0.05, 0) is 24.5 Å². The molecule has 2 N–H and O–H groups in total. The summed E-state index contributed by atoms with van der Waals surface area (Å²) in [5.41, 5.74) is 1.20. The van der Waals surface area contributed by atoms with Crippen molar-refractivity contribution in [3.8, 4) is 0 Å². The summed E-state index contributed by atoms with van der Waals surface area (Å²) in [6, 6.07) is 4.46. The summed E-state index contributed by atoms with van der Waals surface area (Å²) in [6.07, 6.45) is 0.857. The Balaban J connectivity index is 3.08. The van der Waals surface area contributed by atoms with Crippen molar-refractivity contribution in [1.29, 1.82) is 5.41 Å². The van der Waals surface area contributed by atoms with E-state index in [9.17, 15) is 4.79 Å². The maximum atomic E-state index is 10.7. The average molecular weight is 240 g/mol. The molecule has 16 heavy (non-hydrogen) atoms. The van der Waals surface area contributed by atoms with E-state index in [1.807, 2.05) is 13.8 Å². The van der Waals surface area contributed by atoms with E-state index in [-0.39, 0.29) is 11.5 Å². The van der Waals surface area contributed by atoms with Gasteiger partial charge in [-0.1, -0.05) is 31.5 Å². The first kappa shape index (κ1) is 12.7. The highest BCUT2D eigenvalue weighted by Gasteiger charge is 2.14. The van der Waals surface area contributed by atoms with Gasteiger partial charge in [0.2, 0.25) is 0 Å². The molecule has 1 atom stereocenters. The zero-order valence-electron chi connectivity index (χ0n) is 9.25. The van der Waals surface area contributed by atoms with Gasteiger partial charge in [0.25, 0.3) is 0 Å². The summed E-state index contributed by atoms with van der Waals surface area (Å²) in [6.45, 7) is 3.95. The van der Waals surface area contributed by atoms with Crippen molar-refractivity contribution in [1.82, 2.24) is 0 Å². The van der Waals surface area contributed by atoms with Crippen LogP contribution in [0.5, 0.6) is 0 Å². The van der Waals surface area contributed by atoms with E-state index in [0.29, 0.717) is 16.3 Å². The summed E-state index contributed by atoms with van der Waals surface area (Å²) >= 11 is 5.97. The van der Waals surface area contributed by atoms with Gasteiger partial charge in [0, 0.05) is 11.3 Å². The van der Waals surface area contributed by atoms with Gasteiger partial charge in [0.15, 0.2) is 0 Å². The normalized spacial score (nSPS) is 12.2. The minimum absolute atomic E-state index is 0.119. The van der Waals surface area contributed by atoms with Crippen LogP contribution >= 0.6 is 11.6 Å². The summed E-state index contributed by atoms with van der Waals surface area (Å²) < 4.78 is 0. The molecule has 0 radical (unpaired) electrons. The number of rotatable bonds is 4. The molecular formula is C12H14ClNO2. The van der Waals surface area contributed by atoms with Gasteiger partial charge in [-0.3, -0.25) is 0 Å². The van der Waals surface area contributed by atoms with Gasteiger partial charge in [-0.25, -0.2) is 4.79 Å². The Morgan fingerprint density at radius 2 is 2.19 bits per heavy atom. The number of carbonyl (C=O) groups is 1. The third kappa shape index (κ3) is 2.61. The summed E-state index contributed by atoms with van der Waals surface area (Å²) in [7, 11) is 0. The van der Waals surface area contributed by atoms with E-state index < -0.39 is 5.97 Å². The Labute approximate surface area is 99.6 Å². The molecule has 1 rings (SSSR count). The molecule has 0 aliphatic carbocycles. The Kier molecular flexibility index (Phi) is 4.07. The van der Waals surface area contributed by atoms with Crippen LogP contribution in [-0.4, -0.2) is 16.8 Å². The minimum atomic E-state index is -1.01. The predicted molar refractivity (Wildman–Crippen MR) is 64.7 cm³/mol. The number of hydrogen-bond donors (Lipinski definition) is 2. The number of benzene rings is 1. The van der Waals surface area contributed by atoms with Gasteiger partial charge >= 0.3 is 5.97 Å². The zero-order valence-corrected chi connectivity index (χ0v) is 10.0. The fourth-order valence-electron chi connectivity index (χ4n) is 1.34. The second kappa shape index (κ2) is 5.12. The first-order valence-corrected chi connectivity index (χ1v) is 5.46. The number of carboxylic acid groups (broad SMARTS) is 1. The molecule has 0 bridgehead atoms. The Bertz CT molecular complexity index is 429. The zero-order chi connectivity index (χ0) is 12.3. The van der Waals surface area contributed by atoms with Crippen LogP contribution in [0, 0.1) is 11.3 Å². The van der Waals surface area contributed by atoms with Crippen molar-refractivity contribution in [2.24, 2.45) is 5.92 Å². The smallest absolute Gasteiger partial charge is 0.335 e. The van der Waals surface area contributed by atoms with Crippen molar-refractivity contribution in [3.05, 3.63) is 34.3 Å². The molecule has 0 aromatic heterocycles. The van der Waals surface area contributed by atoms with Gasteiger partial charge in [-0.15, -0.1) is 0 Å². The summed E-state index contributed by atoms with van der Waals surface area (Å²) in [5.74, 6) is -0.892. The Hall–Kier alpha value is -1.35. The Morgan fingerprint density at radius 1 is 1.56 bits per heavy atom. The molecule has 0 heterocycles. The van der Waals surface area contributed by atoms with Crippen molar-refractivity contribution in [2.75, 3.05) is 0 Å². The maximum Gasteiger partial charge on any atom is 0.335 e.